The van der Waals surface area contributed by atoms with Crippen LogP contribution < -0.4 is 11.2 Å². The molecule has 0 radical (unpaired) electrons. The molecule has 2 heterocycles. The summed E-state index contributed by atoms with van der Waals surface area (Å²) in [7, 11) is -0.551. The van der Waals surface area contributed by atoms with Crippen molar-refractivity contribution in [1.29, 1.82) is 0 Å². The first kappa shape index (κ1) is 11.5. The molecule has 0 saturated carbocycles. The zero-order chi connectivity index (χ0) is 11.9. The standard InChI is InChI=1S/C10H12N2O2S2/c1-6(2)5-12-9-7(3-4-16(9)15)8(13)11-10(12)14/h3-4,6H,5H2,1-2H3,(H,11,13,14). The lowest BCUT2D eigenvalue weighted by Gasteiger charge is -2.13. The average molecular weight is 256 g/mol. The Bertz CT molecular complexity index is 596. The second kappa shape index (κ2) is 4.10. The van der Waals surface area contributed by atoms with Crippen LogP contribution in [0.25, 0.3) is 6.08 Å². The van der Waals surface area contributed by atoms with Gasteiger partial charge in [0.2, 0.25) is 0 Å². The van der Waals surface area contributed by atoms with Crippen molar-refractivity contribution in [2.75, 3.05) is 0 Å². The van der Waals surface area contributed by atoms with Gasteiger partial charge >= 0.3 is 5.69 Å². The largest absolute Gasteiger partial charge is 0.329 e. The van der Waals surface area contributed by atoms with Gasteiger partial charge in [0.15, 0.2) is 0 Å². The summed E-state index contributed by atoms with van der Waals surface area (Å²) in [5, 5.41) is 2.49. The number of nitrogens with one attached hydrogen (secondary N) is 1. The molecule has 1 aromatic heterocycles. The highest BCUT2D eigenvalue weighted by Gasteiger charge is 2.19. The van der Waals surface area contributed by atoms with Gasteiger partial charge in [-0.2, -0.15) is 0 Å². The van der Waals surface area contributed by atoms with Crippen LogP contribution in [0.2, 0.25) is 0 Å². The van der Waals surface area contributed by atoms with E-state index in [1.807, 2.05) is 13.8 Å². The molecule has 0 amide bonds. The maximum absolute atomic E-state index is 11.7. The van der Waals surface area contributed by atoms with Gasteiger partial charge in [0.1, 0.15) is 5.03 Å². The van der Waals surface area contributed by atoms with Gasteiger partial charge in [-0.3, -0.25) is 14.3 Å². The van der Waals surface area contributed by atoms with Crippen LogP contribution >= 0.6 is 0 Å². The molecular formula is C10H12N2O2S2. The number of hydrogen-bond donors (Lipinski definition) is 1. The molecule has 1 aromatic rings. The van der Waals surface area contributed by atoms with E-state index in [0.717, 1.165) is 0 Å². The van der Waals surface area contributed by atoms with E-state index in [0.29, 0.717) is 23.1 Å². The summed E-state index contributed by atoms with van der Waals surface area (Å²) in [6.07, 6.45) is 1.71. The van der Waals surface area contributed by atoms with Crippen molar-refractivity contribution in [3.63, 3.8) is 0 Å². The normalized spacial score (nSPS) is 18.1. The van der Waals surface area contributed by atoms with Crippen LogP contribution in [-0.4, -0.2) is 9.55 Å². The minimum atomic E-state index is -0.551. The molecule has 1 atom stereocenters. The van der Waals surface area contributed by atoms with Gasteiger partial charge in [-0.15, -0.1) is 0 Å². The fourth-order valence-electron chi connectivity index (χ4n) is 1.66. The Labute approximate surface area is 99.6 Å². The van der Waals surface area contributed by atoms with Crippen LogP contribution in [0, 0.1) is 5.92 Å². The Hall–Kier alpha value is -1.01. The Kier molecular flexibility index (Phi) is 2.94. The summed E-state index contributed by atoms with van der Waals surface area (Å²) in [6, 6.07) is 0. The number of nitrogens with zero attached hydrogens (tertiary/aromatic N) is 1. The van der Waals surface area contributed by atoms with Crippen molar-refractivity contribution < 1.29 is 0 Å². The number of aromatic amines is 1. The topological polar surface area (TPSA) is 54.9 Å². The fourth-order valence-corrected chi connectivity index (χ4v) is 3.50. The van der Waals surface area contributed by atoms with E-state index >= 15 is 0 Å². The van der Waals surface area contributed by atoms with Crippen molar-refractivity contribution in [3.05, 3.63) is 31.8 Å². The first-order valence-corrected chi connectivity index (χ1v) is 7.18. The Morgan fingerprint density at radius 1 is 1.50 bits per heavy atom. The smallest absolute Gasteiger partial charge is 0.287 e. The Morgan fingerprint density at radius 2 is 2.19 bits per heavy atom. The number of fused-ring (bicyclic) bond motifs is 1. The molecule has 1 aliphatic heterocycles. The molecule has 1 N–H and O–H groups in total. The van der Waals surface area contributed by atoms with Crippen LogP contribution in [0.5, 0.6) is 0 Å². The molecule has 6 heteroatoms. The van der Waals surface area contributed by atoms with Gasteiger partial charge in [-0.1, -0.05) is 13.8 Å². The highest BCUT2D eigenvalue weighted by Crippen LogP contribution is 2.19. The van der Waals surface area contributed by atoms with Gasteiger partial charge in [0.25, 0.3) is 5.56 Å². The van der Waals surface area contributed by atoms with Crippen molar-refractivity contribution in [1.82, 2.24) is 9.55 Å². The molecule has 16 heavy (non-hydrogen) atoms. The number of rotatable bonds is 2. The molecule has 4 nitrogen and oxygen atoms in total. The van der Waals surface area contributed by atoms with E-state index in [1.54, 1.807) is 16.1 Å². The lowest BCUT2D eigenvalue weighted by Crippen LogP contribution is -2.34. The van der Waals surface area contributed by atoms with E-state index in [4.69, 9.17) is 11.2 Å². The quantitative estimate of drug-likeness (QED) is 0.789. The molecule has 0 bridgehead atoms. The predicted molar refractivity (Wildman–Crippen MR) is 68.2 cm³/mol. The van der Waals surface area contributed by atoms with Crippen molar-refractivity contribution in [2.24, 2.45) is 5.92 Å². The summed E-state index contributed by atoms with van der Waals surface area (Å²) < 4.78 is 1.59. The summed E-state index contributed by atoms with van der Waals surface area (Å²) in [6.45, 7) is 4.63. The van der Waals surface area contributed by atoms with E-state index in [2.05, 4.69) is 4.98 Å². The summed E-state index contributed by atoms with van der Waals surface area (Å²) >= 11 is 5.25. The van der Waals surface area contributed by atoms with Gasteiger partial charge in [-0.05, 0) is 38.0 Å². The minimum absolute atomic E-state index is 0.334. The average Bonchev–Trinajstić information content (AvgIpc) is 2.55. The van der Waals surface area contributed by atoms with Crippen LogP contribution in [0.1, 0.15) is 19.4 Å². The van der Waals surface area contributed by atoms with E-state index in [1.165, 1.54) is 0 Å². The third-order valence-electron chi connectivity index (χ3n) is 2.28. The maximum atomic E-state index is 11.7. The molecule has 0 saturated heterocycles. The van der Waals surface area contributed by atoms with Gasteiger partial charge in [0.05, 0.1) is 5.56 Å². The van der Waals surface area contributed by atoms with E-state index < -0.39 is 9.45 Å². The van der Waals surface area contributed by atoms with Crippen LogP contribution in [0.3, 0.4) is 0 Å². The SMILES string of the molecule is CC(C)Cn1c2c(c(=O)[nH]c1=O)C=CS2=S. The predicted octanol–water partition coefficient (Wildman–Crippen LogP) is 0.616. The summed E-state index contributed by atoms with van der Waals surface area (Å²) in [5.74, 6) is 0.334. The molecule has 1 unspecified atom stereocenters. The number of H-pyrrole nitrogens is 1. The van der Waals surface area contributed by atoms with Crippen LogP contribution in [0.4, 0.5) is 0 Å². The molecular weight excluding hydrogens is 244 g/mol. The second-order valence-electron chi connectivity index (χ2n) is 4.08. The van der Waals surface area contributed by atoms with Gasteiger partial charge in [-0.25, -0.2) is 4.79 Å². The van der Waals surface area contributed by atoms with E-state index in [9.17, 15) is 9.59 Å². The van der Waals surface area contributed by atoms with Crippen LogP contribution in [-0.2, 0) is 27.2 Å². The van der Waals surface area contributed by atoms with Gasteiger partial charge < -0.3 is 0 Å². The maximum Gasteiger partial charge on any atom is 0.329 e. The number of hydrogen-bond acceptors (Lipinski definition) is 3. The lowest BCUT2D eigenvalue weighted by molar-refractivity contribution is 0.472. The molecule has 2 rings (SSSR count). The zero-order valence-electron chi connectivity index (χ0n) is 9.02. The number of aromatic nitrogens is 2. The Balaban J connectivity index is 2.72. The molecule has 0 aliphatic carbocycles. The van der Waals surface area contributed by atoms with Crippen molar-refractivity contribution >= 4 is 26.7 Å². The van der Waals surface area contributed by atoms with Crippen molar-refractivity contribution in [2.45, 2.75) is 25.4 Å². The first-order valence-electron chi connectivity index (χ1n) is 4.96. The second-order valence-corrected chi connectivity index (χ2v) is 6.41. The first-order chi connectivity index (χ1) is 7.50. The Morgan fingerprint density at radius 3 is 2.81 bits per heavy atom. The summed E-state index contributed by atoms with van der Waals surface area (Å²) in [4.78, 5) is 25.6. The zero-order valence-corrected chi connectivity index (χ0v) is 10.7. The van der Waals surface area contributed by atoms with Gasteiger partial charge in [0, 0.05) is 6.54 Å². The monoisotopic (exact) mass is 256 g/mol. The molecule has 0 spiro atoms. The third-order valence-corrected chi connectivity index (χ3v) is 4.29. The lowest BCUT2D eigenvalue weighted by atomic mass is 10.2. The molecule has 1 aliphatic rings. The highest BCUT2D eigenvalue weighted by molar-refractivity contribution is 8.30. The molecule has 0 aromatic carbocycles. The van der Waals surface area contributed by atoms with Crippen LogP contribution in [0.15, 0.2) is 20.0 Å². The molecule has 0 fully saturated rings. The fraction of sp³-hybridized carbons (Fsp3) is 0.400. The molecule has 86 valence electrons. The van der Waals surface area contributed by atoms with Crippen molar-refractivity contribution in [3.8, 4) is 0 Å². The van der Waals surface area contributed by atoms with E-state index in [-0.39, 0.29) is 11.2 Å². The minimum Gasteiger partial charge on any atom is -0.287 e. The summed E-state index contributed by atoms with van der Waals surface area (Å²) in [5.41, 5.74) is -0.154. The third kappa shape index (κ3) is 1.82. The highest BCUT2D eigenvalue weighted by atomic mass is 32.8.